The fourth-order valence-corrected chi connectivity index (χ4v) is 4.46. The Balaban J connectivity index is 1.85. The van der Waals surface area contributed by atoms with E-state index in [9.17, 15) is 4.79 Å². The molecule has 2 nitrogen and oxygen atoms in total. The summed E-state index contributed by atoms with van der Waals surface area (Å²) in [5, 5.41) is 0. The van der Waals surface area contributed by atoms with E-state index in [1.807, 2.05) is 0 Å². The van der Waals surface area contributed by atoms with Gasteiger partial charge in [-0.1, -0.05) is 33.3 Å². The number of hydrogen-bond donors (Lipinski definition) is 0. The minimum Gasteiger partial charge on any atom is -0.462 e. The topological polar surface area (TPSA) is 26.3 Å². The summed E-state index contributed by atoms with van der Waals surface area (Å²) < 4.78 is 5.03. The molecule has 2 heteroatoms. The standard InChI is InChI=1S/C15H22O2/c1-9-4-5-11-13(9)12(15(11,2)3)8-10-6-7-17-14(10)16/h8-9,11-13H,4-7H2,1-3H3/b10-8-/t9-,11-,12-,13+/m0/s1. The van der Waals surface area contributed by atoms with E-state index in [-0.39, 0.29) is 5.97 Å². The van der Waals surface area contributed by atoms with Gasteiger partial charge in [0.15, 0.2) is 0 Å². The minimum atomic E-state index is -0.0742. The van der Waals surface area contributed by atoms with Crippen LogP contribution in [-0.4, -0.2) is 12.6 Å². The van der Waals surface area contributed by atoms with Gasteiger partial charge in [-0.05, 0) is 35.5 Å². The van der Waals surface area contributed by atoms with Crippen molar-refractivity contribution in [2.24, 2.45) is 29.1 Å². The van der Waals surface area contributed by atoms with Crippen LogP contribution in [-0.2, 0) is 9.53 Å². The van der Waals surface area contributed by atoms with E-state index < -0.39 is 0 Å². The second-order valence-electron chi connectivity index (χ2n) is 6.66. The Bertz CT molecular complexity index is 380. The molecule has 0 aromatic heterocycles. The zero-order chi connectivity index (χ0) is 12.2. The van der Waals surface area contributed by atoms with E-state index in [2.05, 4.69) is 26.8 Å². The van der Waals surface area contributed by atoms with Gasteiger partial charge in [0.1, 0.15) is 0 Å². The Labute approximate surface area is 103 Å². The van der Waals surface area contributed by atoms with Crippen molar-refractivity contribution >= 4 is 5.97 Å². The quantitative estimate of drug-likeness (QED) is 0.514. The minimum absolute atomic E-state index is 0.0742. The Morgan fingerprint density at radius 1 is 1.35 bits per heavy atom. The third-order valence-corrected chi connectivity index (χ3v) is 5.53. The Morgan fingerprint density at radius 3 is 2.76 bits per heavy atom. The molecule has 0 amide bonds. The van der Waals surface area contributed by atoms with E-state index in [1.54, 1.807) is 0 Å². The number of cyclic esters (lactones) is 1. The highest BCUT2D eigenvalue weighted by molar-refractivity contribution is 5.90. The van der Waals surface area contributed by atoms with Crippen LogP contribution in [0.2, 0.25) is 0 Å². The number of carbonyl (C=O) groups is 1. The van der Waals surface area contributed by atoms with Crippen LogP contribution in [0.4, 0.5) is 0 Å². The SMILES string of the molecule is C[C@H]1CC[C@H]2[C@@H]1[C@H](/C=C1/CCOC1=O)C2(C)C. The van der Waals surface area contributed by atoms with Gasteiger partial charge in [-0.3, -0.25) is 0 Å². The van der Waals surface area contributed by atoms with Crippen LogP contribution < -0.4 is 0 Å². The van der Waals surface area contributed by atoms with Crippen molar-refractivity contribution in [3.63, 3.8) is 0 Å². The maximum absolute atomic E-state index is 11.5. The van der Waals surface area contributed by atoms with E-state index in [1.165, 1.54) is 12.8 Å². The molecule has 0 aromatic rings. The molecule has 2 saturated carbocycles. The van der Waals surface area contributed by atoms with Gasteiger partial charge in [-0.15, -0.1) is 0 Å². The van der Waals surface area contributed by atoms with Gasteiger partial charge in [-0.2, -0.15) is 0 Å². The van der Waals surface area contributed by atoms with Crippen molar-refractivity contribution in [2.45, 2.75) is 40.0 Å². The Morgan fingerprint density at radius 2 is 2.12 bits per heavy atom. The number of allylic oxidation sites excluding steroid dienone is 1. The average Bonchev–Trinajstić information content (AvgIpc) is 2.81. The molecule has 0 spiro atoms. The number of fused-ring (bicyclic) bond motifs is 1. The molecule has 3 rings (SSSR count). The normalized spacial score (nSPS) is 45.6. The average molecular weight is 234 g/mol. The molecule has 1 aliphatic heterocycles. The van der Waals surface area contributed by atoms with Crippen LogP contribution in [0.3, 0.4) is 0 Å². The molecular formula is C15H22O2. The first-order chi connectivity index (χ1) is 8.01. The van der Waals surface area contributed by atoms with Crippen molar-refractivity contribution in [3.05, 3.63) is 11.6 Å². The Hall–Kier alpha value is -0.790. The maximum atomic E-state index is 11.5. The molecule has 0 aromatic carbocycles. The molecule has 4 atom stereocenters. The predicted molar refractivity (Wildman–Crippen MR) is 66.3 cm³/mol. The number of hydrogen-bond acceptors (Lipinski definition) is 2. The van der Waals surface area contributed by atoms with Crippen LogP contribution in [0, 0.1) is 29.1 Å². The summed E-state index contributed by atoms with van der Waals surface area (Å²) in [4.78, 5) is 11.5. The first-order valence-corrected chi connectivity index (χ1v) is 6.89. The third-order valence-electron chi connectivity index (χ3n) is 5.53. The van der Waals surface area contributed by atoms with Gasteiger partial charge in [0.25, 0.3) is 0 Å². The van der Waals surface area contributed by atoms with E-state index in [4.69, 9.17) is 4.74 Å². The summed E-state index contributed by atoms with van der Waals surface area (Å²) in [6.45, 7) is 7.70. The number of esters is 1. The second kappa shape index (κ2) is 3.60. The molecular weight excluding hydrogens is 212 g/mol. The summed E-state index contributed by atoms with van der Waals surface area (Å²) in [7, 11) is 0. The highest BCUT2D eigenvalue weighted by atomic mass is 16.5. The first-order valence-electron chi connectivity index (χ1n) is 6.89. The molecule has 94 valence electrons. The lowest BCUT2D eigenvalue weighted by molar-refractivity contribution is -0.135. The van der Waals surface area contributed by atoms with Crippen molar-refractivity contribution < 1.29 is 9.53 Å². The molecule has 1 saturated heterocycles. The lowest BCUT2D eigenvalue weighted by Crippen LogP contribution is -2.51. The van der Waals surface area contributed by atoms with Gasteiger partial charge in [0.05, 0.1) is 6.61 Å². The van der Waals surface area contributed by atoms with Gasteiger partial charge >= 0.3 is 5.97 Å². The summed E-state index contributed by atoms with van der Waals surface area (Å²) >= 11 is 0. The third kappa shape index (κ3) is 1.49. The zero-order valence-corrected chi connectivity index (χ0v) is 11.0. The molecule has 17 heavy (non-hydrogen) atoms. The summed E-state index contributed by atoms with van der Waals surface area (Å²) in [5.41, 5.74) is 1.31. The van der Waals surface area contributed by atoms with Gasteiger partial charge in [0.2, 0.25) is 0 Å². The molecule has 1 heterocycles. The molecule has 0 radical (unpaired) electrons. The number of ether oxygens (including phenoxy) is 1. The lowest BCUT2D eigenvalue weighted by atomic mass is 9.48. The molecule has 0 unspecified atom stereocenters. The Kier molecular flexibility index (Phi) is 2.39. The number of rotatable bonds is 1. The summed E-state index contributed by atoms with van der Waals surface area (Å²) in [5.74, 6) is 3.02. The van der Waals surface area contributed by atoms with Crippen molar-refractivity contribution in [2.75, 3.05) is 6.61 Å². The lowest BCUT2D eigenvalue weighted by Gasteiger charge is -2.56. The highest BCUT2D eigenvalue weighted by Gasteiger charge is 2.59. The fraction of sp³-hybridized carbons (Fsp3) is 0.800. The molecule has 3 aliphatic rings. The van der Waals surface area contributed by atoms with Crippen LogP contribution in [0.25, 0.3) is 0 Å². The van der Waals surface area contributed by atoms with Crippen LogP contribution in [0.5, 0.6) is 0 Å². The van der Waals surface area contributed by atoms with E-state index in [0.29, 0.717) is 17.9 Å². The summed E-state index contributed by atoms with van der Waals surface area (Å²) in [6.07, 6.45) is 5.81. The van der Waals surface area contributed by atoms with E-state index in [0.717, 1.165) is 29.7 Å². The molecule has 0 bridgehead atoms. The van der Waals surface area contributed by atoms with Gasteiger partial charge in [-0.25, -0.2) is 4.79 Å². The van der Waals surface area contributed by atoms with Crippen LogP contribution in [0.15, 0.2) is 11.6 Å². The fourth-order valence-electron chi connectivity index (χ4n) is 4.46. The van der Waals surface area contributed by atoms with Crippen molar-refractivity contribution in [3.8, 4) is 0 Å². The maximum Gasteiger partial charge on any atom is 0.333 e. The zero-order valence-electron chi connectivity index (χ0n) is 11.0. The van der Waals surface area contributed by atoms with Gasteiger partial charge < -0.3 is 4.74 Å². The van der Waals surface area contributed by atoms with Crippen LogP contribution >= 0.6 is 0 Å². The number of carbonyl (C=O) groups excluding carboxylic acids is 1. The smallest absolute Gasteiger partial charge is 0.333 e. The van der Waals surface area contributed by atoms with Gasteiger partial charge in [0, 0.05) is 12.0 Å². The molecule has 0 N–H and O–H groups in total. The first kappa shape index (κ1) is 11.3. The second-order valence-corrected chi connectivity index (χ2v) is 6.66. The van der Waals surface area contributed by atoms with E-state index >= 15 is 0 Å². The highest BCUT2D eigenvalue weighted by Crippen LogP contribution is 2.65. The van der Waals surface area contributed by atoms with Crippen LogP contribution in [0.1, 0.15) is 40.0 Å². The monoisotopic (exact) mass is 234 g/mol. The predicted octanol–water partition coefficient (Wildman–Crippen LogP) is 3.18. The van der Waals surface area contributed by atoms with Crippen molar-refractivity contribution in [1.29, 1.82) is 0 Å². The summed E-state index contributed by atoms with van der Waals surface area (Å²) in [6, 6.07) is 0. The van der Waals surface area contributed by atoms with Crippen molar-refractivity contribution in [1.82, 2.24) is 0 Å². The molecule has 3 fully saturated rings. The largest absolute Gasteiger partial charge is 0.462 e. The molecule has 2 aliphatic carbocycles.